The topological polar surface area (TPSA) is 17.3 Å². The SMILES string of the molecule is c1ccc(-c2cccc3c4ccccc4c4nccn4c23)cc1. The monoisotopic (exact) mass is 294 g/mol. The molecule has 2 aromatic heterocycles. The lowest BCUT2D eigenvalue weighted by Crippen LogP contribution is -1.93. The summed E-state index contributed by atoms with van der Waals surface area (Å²) in [5.74, 6) is 0. The Balaban J connectivity index is 2.07. The number of imidazole rings is 1. The molecule has 0 N–H and O–H groups in total. The van der Waals surface area contributed by atoms with Gasteiger partial charge in [0.05, 0.1) is 5.52 Å². The average Bonchev–Trinajstić information content (AvgIpc) is 3.12. The van der Waals surface area contributed by atoms with Gasteiger partial charge in [0.1, 0.15) is 5.65 Å². The normalized spacial score (nSPS) is 11.5. The molecular weight excluding hydrogens is 280 g/mol. The molecule has 0 aliphatic carbocycles. The third-order valence-corrected chi connectivity index (χ3v) is 4.46. The maximum atomic E-state index is 4.59. The van der Waals surface area contributed by atoms with Crippen molar-refractivity contribution in [2.45, 2.75) is 0 Å². The molecule has 0 aliphatic heterocycles. The third-order valence-electron chi connectivity index (χ3n) is 4.46. The number of pyridine rings is 1. The van der Waals surface area contributed by atoms with Gasteiger partial charge in [0.15, 0.2) is 0 Å². The molecule has 108 valence electrons. The molecule has 0 bridgehead atoms. The van der Waals surface area contributed by atoms with E-state index in [1.165, 1.54) is 32.8 Å². The van der Waals surface area contributed by atoms with Crippen LogP contribution in [-0.2, 0) is 0 Å². The van der Waals surface area contributed by atoms with Crippen LogP contribution in [0.2, 0.25) is 0 Å². The highest BCUT2D eigenvalue weighted by Gasteiger charge is 2.12. The highest BCUT2D eigenvalue weighted by atomic mass is 15.0. The Kier molecular flexibility index (Phi) is 2.53. The van der Waals surface area contributed by atoms with E-state index >= 15 is 0 Å². The van der Waals surface area contributed by atoms with Crippen molar-refractivity contribution in [2.75, 3.05) is 0 Å². The molecule has 0 amide bonds. The maximum absolute atomic E-state index is 4.59. The zero-order valence-corrected chi connectivity index (χ0v) is 12.5. The van der Waals surface area contributed by atoms with Crippen LogP contribution in [0.1, 0.15) is 0 Å². The lowest BCUT2D eigenvalue weighted by molar-refractivity contribution is 1.27. The van der Waals surface area contributed by atoms with E-state index in [9.17, 15) is 0 Å². The molecule has 23 heavy (non-hydrogen) atoms. The van der Waals surface area contributed by atoms with Crippen molar-refractivity contribution in [3.63, 3.8) is 0 Å². The summed E-state index contributed by atoms with van der Waals surface area (Å²) >= 11 is 0. The molecule has 0 spiro atoms. The first-order chi connectivity index (χ1) is 11.4. The first-order valence-electron chi connectivity index (χ1n) is 7.75. The summed E-state index contributed by atoms with van der Waals surface area (Å²) in [6.45, 7) is 0. The van der Waals surface area contributed by atoms with Gasteiger partial charge in [0.2, 0.25) is 0 Å². The number of para-hydroxylation sites is 1. The third kappa shape index (κ3) is 1.72. The second-order valence-corrected chi connectivity index (χ2v) is 5.73. The molecule has 2 heteroatoms. The molecule has 0 fully saturated rings. The van der Waals surface area contributed by atoms with Crippen molar-refractivity contribution in [2.24, 2.45) is 0 Å². The van der Waals surface area contributed by atoms with Crippen LogP contribution < -0.4 is 0 Å². The van der Waals surface area contributed by atoms with Crippen LogP contribution in [0.4, 0.5) is 0 Å². The molecule has 2 nitrogen and oxygen atoms in total. The van der Waals surface area contributed by atoms with Crippen LogP contribution in [0, 0.1) is 0 Å². The molecule has 0 unspecified atom stereocenters. The summed E-state index contributed by atoms with van der Waals surface area (Å²) in [6.07, 6.45) is 3.93. The second kappa shape index (κ2) is 4.68. The molecule has 3 aromatic carbocycles. The lowest BCUT2D eigenvalue weighted by atomic mass is 9.98. The smallest absolute Gasteiger partial charge is 0.145 e. The summed E-state index contributed by atoms with van der Waals surface area (Å²) in [6, 6.07) is 25.6. The van der Waals surface area contributed by atoms with Crippen molar-refractivity contribution in [3.8, 4) is 11.1 Å². The van der Waals surface area contributed by atoms with Gasteiger partial charge in [0.25, 0.3) is 0 Å². The van der Waals surface area contributed by atoms with E-state index in [1.54, 1.807) is 0 Å². The van der Waals surface area contributed by atoms with E-state index in [2.05, 4.69) is 88.4 Å². The van der Waals surface area contributed by atoms with E-state index in [-0.39, 0.29) is 0 Å². The second-order valence-electron chi connectivity index (χ2n) is 5.73. The minimum absolute atomic E-state index is 1.01. The van der Waals surface area contributed by atoms with Gasteiger partial charge < -0.3 is 0 Å². The number of hydrogen-bond acceptors (Lipinski definition) is 1. The van der Waals surface area contributed by atoms with Crippen LogP contribution in [-0.4, -0.2) is 9.38 Å². The molecule has 5 rings (SSSR count). The van der Waals surface area contributed by atoms with Gasteiger partial charge in [-0.3, -0.25) is 4.40 Å². The van der Waals surface area contributed by atoms with E-state index in [0.717, 1.165) is 5.65 Å². The minimum atomic E-state index is 1.01. The predicted molar refractivity (Wildman–Crippen MR) is 95.6 cm³/mol. The molecule has 5 aromatic rings. The molecule has 0 saturated heterocycles. The summed E-state index contributed by atoms with van der Waals surface area (Å²) in [5.41, 5.74) is 4.68. The number of fused-ring (bicyclic) bond motifs is 6. The fourth-order valence-electron chi connectivity index (χ4n) is 3.47. The van der Waals surface area contributed by atoms with Crippen molar-refractivity contribution in [1.82, 2.24) is 9.38 Å². The van der Waals surface area contributed by atoms with Gasteiger partial charge in [-0.25, -0.2) is 4.98 Å². The van der Waals surface area contributed by atoms with Gasteiger partial charge in [-0.1, -0.05) is 72.8 Å². The summed E-state index contributed by atoms with van der Waals surface area (Å²) in [7, 11) is 0. The Bertz CT molecular complexity index is 1150. The van der Waals surface area contributed by atoms with Gasteiger partial charge in [-0.15, -0.1) is 0 Å². The molecule has 0 radical (unpaired) electrons. The minimum Gasteiger partial charge on any atom is -0.299 e. The summed E-state index contributed by atoms with van der Waals surface area (Å²) in [4.78, 5) is 4.59. The zero-order chi connectivity index (χ0) is 15.2. The van der Waals surface area contributed by atoms with Crippen LogP contribution in [0.15, 0.2) is 85.2 Å². The molecule has 0 atom stereocenters. The van der Waals surface area contributed by atoms with Crippen LogP contribution >= 0.6 is 0 Å². The van der Waals surface area contributed by atoms with Crippen LogP contribution in [0.5, 0.6) is 0 Å². The van der Waals surface area contributed by atoms with E-state index in [0.29, 0.717) is 0 Å². The Morgan fingerprint density at radius 1 is 0.652 bits per heavy atom. The van der Waals surface area contributed by atoms with E-state index in [4.69, 9.17) is 0 Å². The highest BCUT2D eigenvalue weighted by molar-refractivity contribution is 6.14. The first kappa shape index (κ1) is 12.4. The number of aromatic nitrogens is 2. The van der Waals surface area contributed by atoms with Gasteiger partial charge in [-0.05, 0) is 10.9 Å². The molecule has 2 heterocycles. The standard InChI is InChI=1S/C21H14N2/c1-2-7-15(8-3-1)16-11-6-12-18-17-9-4-5-10-19(17)21-22-13-14-23(21)20(16)18/h1-14H. The van der Waals surface area contributed by atoms with Crippen LogP contribution in [0.3, 0.4) is 0 Å². The summed E-state index contributed by atoms with van der Waals surface area (Å²) < 4.78 is 2.21. The first-order valence-corrected chi connectivity index (χ1v) is 7.75. The molecule has 0 aliphatic rings. The highest BCUT2D eigenvalue weighted by Crippen LogP contribution is 2.34. The van der Waals surface area contributed by atoms with Crippen LogP contribution in [0.25, 0.3) is 38.4 Å². The number of nitrogens with zero attached hydrogens (tertiary/aromatic N) is 2. The lowest BCUT2D eigenvalue weighted by Gasteiger charge is -2.12. The van der Waals surface area contributed by atoms with E-state index < -0.39 is 0 Å². The Morgan fingerprint density at radius 2 is 1.39 bits per heavy atom. The Hall–Kier alpha value is -3.13. The fourth-order valence-corrected chi connectivity index (χ4v) is 3.47. The summed E-state index contributed by atoms with van der Waals surface area (Å²) in [5, 5.41) is 3.70. The largest absolute Gasteiger partial charge is 0.299 e. The number of rotatable bonds is 1. The van der Waals surface area contributed by atoms with Crippen molar-refractivity contribution < 1.29 is 0 Å². The Morgan fingerprint density at radius 3 is 2.26 bits per heavy atom. The van der Waals surface area contributed by atoms with Gasteiger partial charge in [0, 0.05) is 28.7 Å². The van der Waals surface area contributed by atoms with E-state index in [1.807, 2.05) is 6.20 Å². The Labute approximate surface area is 133 Å². The molecular formula is C21H14N2. The predicted octanol–water partition coefficient (Wildman–Crippen LogP) is 5.31. The maximum Gasteiger partial charge on any atom is 0.145 e. The van der Waals surface area contributed by atoms with Gasteiger partial charge >= 0.3 is 0 Å². The number of hydrogen-bond donors (Lipinski definition) is 0. The molecule has 0 saturated carbocycles. The van der Waals surface area contributed by atoms with Crippen molar-refractivity contribution >= 4 is 27.3 Å². The van der Waals surface area contributed by atoms with Crippen molar-refractivity contribution in [1.29, 1.82) is 0 Å². The van der Waals surface area contributed by atoms with Crippen molar-refractivity contribution in [3.05, 3.63) is 85.2 Å². The number of benzene rings is 3. The fraction of sp³-hybridized carbons (Fsp3) is 0. The quantitative estimate of drug-likeness (QED) is 0.383. The average molecular weight is 294 g/mol. The van der Waals surface area contributed by atoms with Gasteiger partial charge in [-0.2, -0.15) is 0 Å². The zero-order valence-electron chi connectivity index (χ0n) is 12.5.